The molecule has 0 N–H and O–H groups in total. The number of rotatable bonds is 12. The van der Waals surface area contributed by atoms with Crippen LogP contribution in [0.2, 0.25) is 0 Å². The van der Waals surface area contributed by atoms with Gasteiger partial charge in [-0.05, 0) is 70.2 Å². The standard InChI is InChI=1S/C38H48F2N4O9S/c1-24(51-25(2)45)36(46)44(21-28-20-43(37(47)52-38(3,4)5)23-33(28)53-54(6,48)49)34(27-14-16-50-17-15-27)35-41-32(30-18-29(39)12-13-31(30)40)22-42(35)19-26-10-8-7-9-11-26/h7-13,18,22,24,27-28,33-34H,14-17,19-21,23H2,1-6H3. The van der Waals surface area contributed by atoms with Gasteiger partial charge in [0.15, 0.2) is 6.10 Å². The Morgan fingerprint density at radius 3 is 2.37 bits per heavy atom. The van der Waals surface area contributed by atoms with E-state index in [0.717, 1.165) is 30.0 Å². The summed E-state index contributed by atoms with van der Waals surface area (Å²) in [7, 11) is -4.03. The second kappa shape index (κ2) is 16.9. The number of amides is 2. The Balaban J connectivity index is 1.67. The van der Waals surface area contributed by atoms with E-state index in [0.29, 0.717) is 31.9 Å². The van der Waals surface area contributed by atoms with Gasteiger partial charge in [0.2, 0.25) is 0 Å². The monoisotopic (exact) mass is 774 g/mol. The Kier molecular flexibility index (Phi) is 12.8. The zero-order valence-corrected chi connectivity index (χ0v) is 32.2. The second-order valence-electron chi connectivity index (χ2n) is 14.8. The first kappa shape index (κ1) is 40.8. The molecule has 2 fully saturated rings. The highest BCUT2D eigenvalue weighted by Crippen LogP contribution is 2.39. The van der Waals surface area contributed by atoms with Gasteiger partial charge in [0, 0.05) is 57.4 Å². The van der Waals surface area contributed by atoms with Crippen molar-refractivity contribution in [3.05, 3.63) is 77.8 Å². The van der Waals surface area contributed by atoms with Gasteiger partial charge in [-0.3, -0.25) is 13.8 Å². The van der Waals surface area contributed by atoms with Gasteiger partial charge in [-0.1, -0.05) is 30.3 Å². The average Bonchev–Trinajstić information content (AvgIpc) is 3.68. The van der Waals surface area contributed by atoms with Crippen molar-refractivity contribution in [3.8, 4) is 11.3 Å². The quantitative estimate of drug-likeness (QED) is 0.175. The maximum atomic E-state index is 15.3. The van der Waals surface area contributed by atoms with Crippen molar-refractivity contribution in [2.45, 2.75) is 77.9 Å². The molecular weight excluding hydrogens is 726 g/mol. The summed E-state index contributed by atoms with van der Waals surface area (Å²) in [5.74, 6) is -3.37. The molecule has 4 unspecified atom stereocenters. The normalized spacial score (nSPS) is 19.3. The van der Waals surface area contributed by atoms with Crippen LogP contribution in [0.3, 0.4) is 0 Å². The molecule has 0 saturated carbocycles. The van der Waals surface area contributed by atoms with Crippen LogP contribution < -0.4 is 0 Å². The molecule has 0 radical (unpaired) electrons. The van der Waals surface area contributed by atoms with Crippen LogP contribution >= 0.6 is 0 Å². The minimum atomic E-state index is -4.03. The lowest BCUT2D eigenvalue weighted by Gasteiger charge is -2.41. The molecule has 294 valence electrons. The number of hydrogen-bond acceptors (Lipinski definition) is 10. The average molecular weight is 775 g/mol. The van der Waals surface area contributed by atoms with Crippen molar-refractivity contribution in [3.63, 3.8) is 0 Å². The summed E-state index contributed by atoms with van der Waals surface area (Å²) in [4.78, 5) is 47.8. The Bertz CT molecular complexity index is 1910. The second-order valence-corrected chi connectivity index (χ2v) is 16.4. The third-order valence-electron chi connectivity index (χ3n) is 9.26. The Morgan fingerprint density at radius 2 is 1.74 bits per heavy atom. The number of imidazole rings is 1. The first-order chi connectivity index (χ1) is 25.4. The van der Waals surface area contributed by atoms with E-state index >= 15 is 4.39 Å². The maximum absolute atomic E-state index is 15.3. The lowest BCUT2D eigenvalue weighted by atomic mass is 9.88. The number of aromatic nitrogens is 2. The third kappa shape index (κ3) is 10.6. The Labute approximate surface area is 314 Å². The van der Waals surface area contributed by atoms with Crippen LogP contribution in [0.4, 0.5) is 13.6 Å². The molecule has 3 heterocycles. The fourth-order valence-electron chi connectivity index (χ4n) is 6.98. The van der Waals surface area contributed by atoms with E-state index in [2.05, 4.69) is 0 Å². The van der Waals surface area contributed by atoms with Crippen LogP contribution in [0.25, 0.3) is 11.3 Å². The molecule has 16 heteroatoms. The highest BCUT2D eigenvalue weighted by molar-refractivity contribution is 7.86. The summed E-state index contributed by atoms with van der Waals surface area (Å²) in [6, 6.07) is 11.6. The lowest BCUT2D eigenvalue weighted by molar-refractivity contribution is -0.160. The molecule has 2 aliphatic rings. The summed E-state index contributed by atoms with van der Waals surface area (Å²) >= 11 is 0. The van der Waals surface area contributed by atoms with Gasteiger partial charge in [0.25, 0.3) is 16.0 Å². The van der Waals surface area contributed by atoms with Gasteiger partial charge < -0.3 is 28.6 Å². The van der Waals surface area contributed by atoms with Gasteiger partial charge in [0.1, 0.15) is 29.2 Å². The minimum absolute atomic E-state index is 0.0282. The fraction of sp³-hybridized carbons (Fsp3) is 0.526. The Morgan fingerprint density at radius 1 is 1.06 bits per heavy atom. The summed E-state index contributed by atoms with van der Waals surface area (Å²) in [6.45, 7) is 8.40. The Hall–Kier alpha value is -4.41. The highest BCUT2D eigenvalue weighted by atomic mass is 32.2. The maximum Gasteiger partial charge on any atom is 0.410 e. The SMILES string of the molecule is CC(=O)OC(C)C(=O)N(CC1CN(C(=O)OC(C)(C)C)CC1OS(C)(=O)=O)C(c1nc(-c2cc(F)ccc2F)cn1Cc1ccccc1)C1CCOCC1. The van der Waals surface area contributed by atoms with E-state index in [1.54, 1.807) is 31.5 Å². The molecule has 2 saturated heterocycles. The van der Waals surface area contributed by atoms with Crippen molar-refractivity contribution < 1.29 is 50.0 Å². The number of nitrogens with zero attached hydrogens (tertiary/aromatic N) is 4. The van der Waals surface area contributed by atoms with E-state index < -0.39 is 69.5 Å². The van der Waals surface area contributed by atoms with Crippen LogP contribution in [0, 0.1) is 23.5 Å². The number of ether oxygens (including phenoxy) is 3. The molecule has 2 aromatic carbocycles. The van der Waals surface area contributed by atoms with E-state index in [1.165, 1.54) is 23.6 Å². The predicted molar refractivity (Wildman–Crippen MR) is 193 cm³/mol. The first-order valence-electron chi connectivity index (χ1n) is 17.9. The molecule has 1 aromatic heterocycles. The molecule has 2 amide bonds. The molecule has 0 bridgehead atoms. The number of hydrogen-bond donors (Lipinski definition) is 0. The van der Waals surface area contributed by atoms with Crippen molar-refractivity contribution in [1.82, 2.24) is 19.4 Å². The molecule has 0 aliphatic carbocycles. The predicted octanol–water partition coefficient (Wildman–Crippen LogP) is 5.34. The van der Waals surface area contributed by atoms with Gasteiger partial charge in [0.05, 0.1) is 24.5 Å². The van der Waals surface area contributed by atoms with Gasteiger partial charge in [-0.15, -0.1) is 0 Å². The van der Waals surface area contributed by atoms with Gasteiger partial charge in [-0.25, -0.2) is 18.6 Å². The summed E-state index contributed by atoms with van der Waals surface area (Å²) in [6.07, 6.45) is 0.458. The van der Waals surface area contributed by atoms with Crippen molar-refractivity contribution in [1.29, 1.82) is 0 Å². The number of carbonyl (C=O) groups excluding carboxylic acids is 3. The summed E-state index contributed by atoms with van der Waals surface area (Å²) < 4.78 is 78.9. The zero-order chi connectivity index (χ0) is 39.4. The number of carbonyl (C=O) groups is 3. The zero-order valence-electron chi connectivity index (χ0n) is 31.4. The fourth-order valence-corrected chi connectivity index (χ4v) is 7.65. The molecular formula is C38H48F2N4O9S. The molecule has 5 rings (SSSR count). The van der Waals surface area contributed by atoms with Crippen LogP contribution in [-0.2, 0) is 44.6 Å². The molecule has 2 aliphatic heterocycles. The molecule has 54 heavy (non-hydrogen) atoms. The summed E-state index contributed by atoms with van der Waals surface area (Å²) in [5, 5.41) is 0. The number of benzene rings is 2. The number of halogens is 2. The van der Waals surface area contributed by atoms with E-state index in [1.807, 2.05) is 30.3 Å². The van der Waals surface area contributed by atoms with Gasteiger partial charge in [-0.2, -0.15) is 8.42 Å². The van der Waals surface area contributed by atoms with Crippen LogP contribution in [-0.4, -0.2) is 103 Å². The molecule has 3 aromatic rings. The lowest BCUT2D eigenvalue weighted by Crippen LogP contribution is -2.49. The first-order valence-corrected chi connectivity index (χ1v) is 19.7. The van der Waals surface area contributed by atoms with Crippen LogP contribution in [0.1, 0.15) is 64.9 Å². The molecule has 4 atom stereocenters. The number of esters is 1. The van der Waals surface area contributed by atoms with Crippen LogP contribution in [0.5, 0.6) is 0 Å². The van der Waals surface area contributed by atoms with E-state index in [4.69, 9.17) is 23.4 Å². The third-order valence-corrected chi connectivity index (χ3v) is 9.85. The van der Waals surface area contributed by atoms with E-state index in [-0.39, 0.29) is 43.4 Å². The summed E-state index contributed by atoms with van der Waals surface area (Å²) in [5.41, 5.74) is 0.0767. The van der Waals surface area contributed by atoms with Gasteiger partial charge >= 0.3 is 12.1 Å². The topological polar surface area (TPSA) is 147 Å². The van der Waals surface area contributed by atoms with Crippen molar-refractivity contribution in [2.75, 3.05) is 39.1 Å². The molecule has 0 spiro atoms. The largest absolute Gasteiger partial charge is 0.453 e. The highest BCUT2D eigenvalue weighted by Gasteiger charge is 2.45. The van der Waals surface area contributed by atoms with Crippen molar-refractivity contribution >= 4 is 28.1 Å². The smallest absolute Gasteiger partial charge is 0.410 e. The van der Waals surface area contributed by atoms with Crippen molar-refractivity contribution in [2.24, 2.45) is 11.8 Å². The van der Waals surface area contributed by atoms with E-state index in [9.17, 15) is 27.2 Å². The van der Waals surface area contributed by atoms with Crippen LogP contribution in [0.15, 0.2) is 54.7 Å². The number of likely N-dealkylation sites (tertiary alicyclic amines) is 1. The minimum Gasteiger partial charge on any atom is -0.453 e. The molecule has 13 nitrogen and oxygen atoms in total.